The number of amides is 1. The van der Waals surface area contributed by atoms with Crippen LogP contribution in [0.25, 0.3) is 0 Å². The van der Waals surface area contributed by atoms with Crippen LogP contribution in [-0.2, 0) is 4.79 Å². The van der Waals surface area contributed by atoms with Crippen LogP contribution in [0, 0.1) is 5.92 Å². The van der Waals surface area contributed by atoms with Crippen molar-refractivity contribution >= 4 is 5.91 Å². The summed E-state index contributed by atoms with van der Waals surface area (Å²) in [7, 11) is 3.59. The van der Waals surface area contributed by atoms with Crippen molar-refractivity contribution in [3.05, 3.63) is 0 Å². The van der Waals surface area contributed by atoms with Gasteiger partial charge in [-0.05, 0) is 32.2 Å². The van der Waals surface area contributed by atoms with E-state index < -0.39 is 0 Å². The van der Waals surface area contributed by atoms with Gasteiger partial charge in [-0.2, -0.15) is 0 Å². The molecule has 1 aliphatic rings. The van der Waals surface area contributed by atoms with E-state index in [9.17, 15) is 4.79 Å². The summed E-state index contributed by atoms with van der Waals surface area (Å²) in [6.07, 6.45) is 4.02. The highest BCUT2D eigenvalue weighted by Crippen LogP contribution is 2.25. The average Bonchev–Trinajstić information content (AvgIpc) is 1.99. The number of likely N-dealkylation sites (N-methyl/N-ethyl adjacent to an activating group) is 1. The first kappa shape index (κ1) is 10.5. The number of rotatable bonds is 4. The molecule has 13 heavy (non-hydrogen) atoms. The Bertz CT molecular complexity index is 176. The molecule has 0 aliphatic heterocycles. The first-order chi connectivity index (χ1) is 6.11. The van der Waals surface area contributed by atoms with E-state index in [2.05, 4.69) is 5.32 Å². The molecule has 0 aromatic heterocycles. The van der Waals surface area contributed by atoms with Gasteiger partial charge in [0.1, 0.15) is 0 Å². The smallest absolute Gasteiger partial charge is 0.238 e. The van der Waals surface area contributed by atoms with Crippen LogP contribution >= 0.6 is 0 Å². The fourth-order valence-corrected chi connectivity index (χ4v) is 1.51. The van der Waals surface area contributed by atoms with E-state index in [0.717, 1.165) is 12.5 Å². The Hall–Kier alpha value is -0.570. The normalized spacial score (nSPS) is 19.3. The second-order valence-corrected chi connectivity index (χ2v) is 4.16. The van der Waals surface area contributed by atoms with Gasteiger partial charge in [0.25, 0.3) is 0 Å². The summed E-state index contributed by atoms with van der Waals surface area (Å²) in [5.74, 6) is 0.983. The number of nitrogens with one attached hydrogen (secondary N) is 1. The van der Waals surface area contributed by atoms with Crippen molar-refractivity contribution < 1.29 is 4.79 Å². The molecule has 3 nitrogen and oxygen atoms in total. The van der Waals surface area contributed by atoms with Gasteiger partial charge >= 0.3 is 0 Å². The first-order valence-corrected chi connectivity index (χ1v) is 5.06. The Morgan fingerprint density at radius 3 is 2.54 bits per heavy atom. The number of carbonyl (C=O) groups excluding carboxylic acids is 1. The summed E-state index contributed by atoms with van der Waals surface area (Å²) < 4.78 is 0. The maximum atomic E-state index is 11.4. The topological polar surface area (TPSA) is 32.3 Å². The van der Waals surface area contributed by atoms with Crippen LogP contribution in [0.5, 0.6) is 0 Å². The standard InChI is InChI=1S/C10H20N2O/c1-8(10(13)12(2)3)11-7-9-5-4-6-9/h8-9,11H,4-7H2,1-3H3. The Morgan fingerprint density at radius 2 is 2.15 bits per heavy atom. The summed E-state index contributed by atoms with van der Waals surface area (Å²) in [6, 6.07) is -0.0319. The van der Waals surface area contributed by atoms with E-state index in [0.29, 0.717) is 0 Å². The van der Waals surface area contributed by atoms with Crippen LogP contribution in [-0.4, -0.2) is 37.5 Å². The van der Waals surface area contributed by atoms with Gasteiger partial charge in [0.15, 0.2) is 0 Å². The van der Waals surface area contributed by atoms with Crippen molar-refractivity contribution in [2.24, 2.45) is 5.92 Å². The molecule has 0 heterocycles. The molecular formula is C10H20N2O. The molecule has 76 valence electrons. The minimum Gasteiger partial charge on any atom is -0.347 e. The molecule has 1 fully saturated rings. The van der Waals surface area contributed by atoms with Gasteiger partial charge in [-0.25, -0.2) is 0 Å². The van der Waals surface area contributed by atoms with E-state index in [4.69, 9.17) is 0 Å². The van der Waals surface area contributed by atoms with Crippen molar-refractivity contribution in [2.75, 3.05) is 20.6 Å². The largest absolute Gasteiger partial charge is 0.347 e. The number of hydrogen-bond acceptors (Lipinski definition) is 2. The molecule has 3 heteroatoms. The highest BCUT2D eigenvalue weighted by Gasteiger charge is 2.20. The van der Waals surface area contributed by atoms with Gasteiger partial charge in [0, 0.05) is 14.1 Å². The molecule has 1 N–H and O–H groups in total. The van der Waals surface area contributed by atoms with Crippen LogP contribution in [0.15, 0.2) is 0 Å². The van der Waals surface area contributed by atoms with E-state index in [-0.39, 0.29) is 11.9 Å². The average molecular weight is 184 g/mol. The molecule has 1 saturated carbocycles. The van der Waals surface area contributed by atoms with Crippen LogP contribution in [0.4, 0.5) is 0 Å². The lowest BCUT2D eigenvalue weighted by molar-refractivity contribution is -0.130. The number of carbonyl (C=O) groups is 1. The second kappa shape index (κ2) is 4.61. The zero-order chi connectivity index (χ0) is 9.84. The van der Waals surface area contributed by atoms with Gasteiger partial charge in [-0.15, -0.1) is 0 Å². The highest BCUT2D eigenvalue weighted by atomic mass is 16.2. The summed E-state index contributed by atoms with van der Waals surface area (Å²) in [5, 5.41) is 3.27. The Morgan fingerprint density at radius 1 is 1.54 bits per heavy atom. The van der Waals surface area contributed by atoms with E-state index >= 15 is 0 Å². The Labute approximate surface area is 80.5 Å². The third kappa shape index (κ3) is 2.99. The number of hydrogen-bond donors (Lipinski definition) is 1. The quantitative estimate of drug-likeness (QED) is 0.702. The molecule has 0 bridgehead atoms. The van der Waals surface area contributed by atoms with E-state index in [1.165, 1.54) is 19.3 Å². The van der Waals surface area contributed by atoms with Crippen molar-refractivity contribution in [3.8, 4) is 0 Å². The maximum Gasteiger partial charge on any atom is 0.238 e. The van der Waals surface area contributed by atoms with Crippen molar-refractivity contribution in [1.82, 2.24) is 10.2 Å². The van der Waals surface area contributed by atoms with Crippen molar-refractivity contribution in [2.45, 2.75) is 32.2 Å². The number of nitrogens with zero attached hydrogens (tertiary/aromatic N) is 1. The fourth-order valence-electron chi connectivity index (χ4n) is 1.51. The summed E-state index contributed by atoms with van der Waals surface area (Å²) in [5.41, 5.74) is 0. The third-order valence-corrected chi connectivity index (χ3v) is 2.75. The predicted octanol–water partition coefficient (Wildman–Crippen LogP) is 0.853. The van der Waals surface area contributed by atoms with Gasteiger partial charge in [-0.1, -0.05) is 6.42 Å². The fraction of sp³-hybridized carbons (Fsp3) is 0.900. The molecule has 1 aliphatic carbocycles. The van der Waals surface area contributed by atoms with E-state index in [1.54, 1.807) is 19.0 Å². The lowest BCUT2D eigenvalue weighted by atomic mass is 9.85. The lowest BCUT2D eigenvalue weighted by Gasteiger charge is -2.27. The maximum absolute atomic E-state index is 11.4. The Balaban J connectivity index is 2.15. The molecule has 1 unspecified atom stereocenters. The molecule has 0 spiro atoms. The minimum atomic E-state index is -0.0319. The van der Waals surface area contributed by atoms with Crippen LogP contribution in [0.1, 0.15) is 26.2 Å². The Kier molecular flexibility index (Phi) is 3.72. The van der Waals surface area contributed by atoms with Gasteiger partial charge in [-0.3, -0.25) is 4.79 Å². The summed E-state index contributed by atoms with van der Waals surface area (Å²) in [6.45, 7) is 2.93. The van der Waals surface area contributed by atoms with Gasteiger partial charge in [0.2, 0.25) is 5.91 Å². The third-order valence-electron chi connectivity index (χ3n) is 2.75. The highest BCUT2D eigenvalue weighted by molar-refractivity contribution is 5.80. The van der Waals surface area contributed by atoms with Crippen LogP contribution in [0.2, 0.25) is 0 Å². The zero-order valence-electron chi connectivity index (χ0n) is 8.84. The predicted molar refractivity (Wildman–Crippen MR) is 53.5 cm³/mol. The van der Waals surface area contributed by atoms with Crippen LogP contribution < -0.4 is 5.32 Å². The minimum absolute atomic E-state index is 0.0319. The van der Waals surface area contributed by atoms with Crippen LogP contribution in [0.3, 0.4) is 0 Å². The molecule has 0 aromatic carbocycles. The molecule has 1 rings (SSSR count). The lowest BCUT2D eigenvalue weighted by Crippen LogP contribution is -2.44. The first-order valence-electron chi connectivity index (χ1n) is 5.06. The molecule has 0 aromatic rings. The van der Waals surface area contributed by atoms with Crippen molar-refractivity contribution in [3.63, 3.8) is 0 Å². The zero-order valence-corrected chi connectivity index (χ0v) is 8.84. The van der Waals surface area contributed by atoms with Crippen molar-refractivity contribution in [1.29, 1.82) is 0 Å². The second-order valence-electron chi connectivity index (χ2n) is 4.16. The molecular weight excluding hydrogens is 164 g/mol. The molecule has 1 amide bonds. The summed E-state index contributed by atoms with van der Waals surface area (Å²) >= 11 is 0. The van der Waals surface area contributed by atoms with Gasteiger partial charge in [0.05, 0.1) is 6.04 Å². The SMILES string of the molecule is CC(NCC1CCC1)C(=O)N(C)C. The molecule has 1 atom stereocenters. The monoisotopic (exact) mass is 184 g/mol. The summed E-state index contributed by atoms with van der Waals surface area (Å²) in [4.78, 5) is 13.1. The molecule has 0 radical (unpaired) electrons. The van der Waals surface area contributed by atoms with E-state index in [1.807, 2.05) is 6.92 Å². The molecule has 0 saturated heterocycles. The van der Waals surface area contributed by atoms with Gasteiger partial charge < -0.3 is 10.2 Å².